The van der Waals surface area contributed by atoms with Gasteiger partial charge < -0.3 is 9.64 Å². The largest absolute Gasteiger partial charge is 0.444 e. The fraction of sp³-hybridized carbons (Fsp3) is 0.600. The van der Waals surface area contributed by atoms with E-state index in [9.17, 15) is 9.59 Å². The van der Waals surface area contributed by atoms with Crippen molar-refractivity contribution in [1.82, 2.24) is 9.80 Å². The van der Waals surface area contributed by atoms with Crippen LogP contribution in [0.1, 0.15) is 40.2 Å². The number of halogens is 2. The lowest BCUT2D eigenvalue weighted by Crippen LogP contribution is -2.59. The van der Waals surface area contributed by atoms with Gasteiger partial charge in [-0.1, -0.05) is 29.3 Å². The molecular formula is C20H28Cl2N2O3. The van der Waals surface area contributed by atoms with Gasteiger partial charge in [-0.15, -0.1) is 0 Å². The third-order valence-corrected chi connectivity index (χ3v) is 5.35. The SMILES string of the molecule is CC(=O)C(Cc1ccc(Cl)c(Cl)c1)N1CCN(C(=O)OC(C)(C)C)C[C@H]1C. The van der Waals surface area contributed by atoms with Crippen molar-refractivity contribution < 1.29 is 14.3 Å². The topological polar surface area (TPSA) is 49.9 Å². The number of piperazine rings is 1. The van der Waals surface area contributed by atoms with Crippen molar-refractivity contribution in [3.63, 3.8) is 0 Å². The van der Waals surface area contributed by atoms with Crippen LogP contribution in [0, 0.1) is 0 Å². The van der Waals surface area contributed by atoms with Crippen LogP contribution < -0.4 is 0 Å². The van der Waals surface area contributed by atoms with E-state index in [4.69, 9.17) is 27.9 Å². The summed E-state index contributed by atoms with van der Waals surface area (Å²) in [5.74, 6) is 0.0960. The van der Waals surface area contributed by atoms with Crippen LogP contribution in [0.3, 0.4) is 0 Å². The van der Waals surface area contributed by atoms with Gasteiger partial charge >= 0.3 is 6.09 Å². The van der Waals surface area contributed by atoms with E-state index in [1.165, 1.54) is 0 Å². The molecule has 0 spiro atoms. The Bertz CT molecular complexity index is 703. The molecule has 1 aliphatic rings. The smallest absolute Gasteiger partial charge is 0.410 e. The number of amides is 1. The highest BCUT2D eigenvalue weighted by atomic mass is 35.5. The van der Waals surface area contributed by atoms with Crippen LogP contribution in [0.4, 0.5) is 4.79 Å². The van der Waals surface area contributed by atoms with Gasteiger partial charge in [0.05, 0.1) is 16.1 Å². The molecule has 1 aromatic rings. The lowest BCUT2D eigenvalue weighted by atomic mass is 9.99. The molecule has 27 heavy (non-hydrogen) atoms. The van der Waals surface area contributed by atoms with Gasteiger partial charge in [-0.2, -0.15) is 0 Å². The average molecular weight is 415 g/mol. The average Bonchev–Trinajstić information content (AvgIpc) is 2.54. The summed E-state index contributed by atoms with van der Waals surface area (Å²) in [5, 5.41) is 0.985. The molecule has 0 radical (unpaired) electrons. The molecule has 7 heteroatoms. The first-order chi connectivity index (χ1) is 12.5. The molecule has 1 fully saturated rings. The molecule has 0 saturated carbocycles. The summed E-state index contributed by atoms with van der Waals surface area (Å²) < 4.78 is 5.46. The van der Waals surface area contributed by atoms with Crippen molar-refractivity contribution in [2.24, 2.45) is 0 Å². The number of carbonyl (C=O) groups excluding carboxylic acids is 2. The summed E-state index contributed by atoms with van der Waals surface area (Å²) in [6.07, 6.45) is 0.251. The Morgan fingerprint density at radius 1 is 1.22 bits per heavy atom. The second-order valence-electron chi connectivity index (χ2n) is 8.09. The summed E-state index contributed by atoms with van der Waals surface area (Å²) in [7, 11) is 0. The minimum absolute atomic E-state index is 0.0444. The third kappa shape index (κ3) is 6.09. The van der Waals surface area contributed by atoms with Gasteiger partial charge in [0.25, 0.3) is 0 Å². The number of ketones is 1. The minimum Gasteiger partial charge on any atom is -0.444 e. The van der Waals surface area contributed by atoms with Crippen LogP contribution in [0.15, 0.2) is 18.2 Å². The fourth-order valence-corrected chi connectivity index (χ4v) is 3.63. The van der Waals surface area contributed by atoms with E-state index in [1.807, 2.05) is 33.8 Å². The number of nitrogens with zero attached hydrogens (tertiary/aromatic N) is 2. The predicted molar refractivity (Wildman–Crippen MR) is 109 cm³/mol. The van der Waals surface area contributed by atoms with Crippen LogP contribution in [0.25, 0.3) is 0 Å². The molecule has 0 aliphatic carbocycles. The highest BCUT2D eigenvalue weighted by molar-refractivity contribution is 6.42. The fourth-order valence-electron chi connectivity index (χ4n) is 3.31. The van der Waals surface area contributed by atoms with Crippen molar-refractivity contribution >= 4 is 35.1 Å². The van der Waals surface area contributed by atoms with Gasteiger partial charge in [-0.25, -0.2) is 4.79 Å². The molecule has 1 aliphatic heterocycles. The molecule has 1 amide bonds. The molecule has 150 valence electrons. The zero-order chi connectivity index (χ0) is 20.4. The maximum atomic E-state index is 12.3. The molecule has 5 nitrogen and oxygen atoms in total. The maximum absolute atomic E-state index is 12.3. The van der Waals surface area contributed by atoms with E-state index in [0.29, 0.717) is 36.1 Å². The molecule has 0 aromatic heterocycles. The number of ether oxygens (including phenoxy) is 1. The first-order valence-electron chi connectivity index (χ1n) is 9.16. The summed E-state index contributed by atoms with van der Waals surface area (Å²) in [4.78, 5) is 28.5. The Labute approximate surface area is 171 Å². The van der Waals surface area contributed by atoms with Crippen molar-refractivity contribution in [2.75, 3.05) is 19.6 Å². The number of rotatable bonds is 4. The molecule has 2 rings (SSSR count). The van der Waals surface area contributed by atoms with E-state index in [-0.39, 0.29) is 24.0 Å². The molecule has 2 atom stereocenters. The molecule has 0 N–H and O–H groups in total. The monoisotopic (exact) mass is 414 g/mol. The number of hydrogen-bond donors (Lipinski definition) is 0. The van der Waals surface area contributed by atoms with Crippen LogP contribution in [-0.4, -0.2) is 59.0 Å². The molecule has 0 bridgehead atoms. The van der Waals surface area contributed by atoms with E-state index in [0.717, 1.165) is 5.56 Å². The minimum atomic E-state index is -0.521. The summed E-state index contributed by atoms with van der Waals surface area (Å²) in [6, 6.07) is 5.23. The predicted octanol–water partition coefficient (Wildman–Crippen LogP) is 4.43. The lowest BCUT2D eigenvalue weighted by molar-refractivity contribution is -0.124. The molecule has 1 unspecified atom stereocenters. The number of carbonyl (C=O) groups is 2. The van der Waals surface area contributed by atoms with Gasteiger partial charge in [0, 0.05) is 25.7 Å². The zero-order valence-corrected chi connectivity index (χ0v) is 18.1. The van der Waals surface area contributed by atoms with E-state index < -0.39 is 5.60 Å². The second kappa shape index (κ2) is 8.80. The Kier molecular flexibility index (Phi) is 7.17. The van der Waals surface area contributed by atoms with Crippen molar-refractivity contribution in [2.45, 2.75) is 58.7 Å². The Morgan fingerprint density at radius 2 is 1.89 bits per heavy atom. The molecule has 1 heterocycles. The number of benzene rings is 1. The first-order valence-corrected chi connectivity index (χ1v) is 9.91. The Balaban J connectivity index is 2.07. The van der Waals surface area contributed by atoms with Crippen LogP contribution in [0.5, 0.6) is 0 Å². The van der Waals surface area contributed by atoms with E-state index >= 15 is 0 Å². The van der Waals surface area contributed by atoms with Crippen LogP contribution in [0.2, 0.25) is 10.0 Å². The number of Topliss-reactive ketones (excluding diaryl/α,β-unsaturated/α-hetero) is 1. The Hall–Kier alpha value is -1.30. The van der Waals surface area contributed by atoms with Crippen LogP contribution >= 0.6 is 23.2 Å². The maximum Gasteiger partial charge on any atom is 0.410 e. The standard InChI is InChI=1S/C20H28Cl2N2O3/c1-13-12-23(19(26)27-20(3,4)5)8-9-24(13)18(14(2)25)11-15-6-7-16(21)17(22)10-15/h6-7,10,13,18H,8-9,11-12H2,1-5H3/t13-,18?/m1/s1. The van der Waals surface area contributed by atoms with E-state index in [1.54, 1.807) is 24.0 Å². The highest BCUT2D eigenvalue weighted by Gasteiger charge is 2.34. The zero-order valence-electron chi connectivity index (χ0n) is 16.6. The quantitative estimate of drug-likeness (QED) is 0.730. The normalized spacial score (nSPS) is 19.7. The van der Waals surface area contributed by atoms with Gasteiger partial charge in [-0.3, -0.25) is 9.69 Å². The van der Waals surface area contributed by atoms with Crippen molar-refractivity contribution in [3.05, 3.63) is 33.8 Å². The summed E-state index contributed by atoms with van der Waals surface area (Å²) >= 11 is 12.1. The van der Waals surface area contributed by atoms with Crippen molar-refractivity contribution in [3.8, 4) is 0 Å². The number of hydrogen-bond acceptors (Lipinski definition) is 4. The molecule has 1 saturated heterocycles. The van der Waals surface area contributed by atoms with Gasteiger partial charge in [-0.05, 0) is 58.7 Å². The first kappa shape index (κ1) is 22.0. The lowest BCUT2D eigenvalue weighted by Gasteiger charge is -2.43. The molecular weight excluding hydrogens is 387 g/mol. The summed E-state index contributed by atoms with van der Waals surface area (Å²) in [5.41, 5.74) is 0.444. The van der Waals surface area contributed by atoms with Crippen molar-refractivity contribution in [1.29, 1.82) is 0 Å². The van der Waals surface area contributed by atoms with Gasteiger partial charge in [0.15, 0.2) is 0 Å². The summed E-state index contributed by atoms with van der Waals surface area (Å²) in [6.45, 7) is 10.9. The second-order valence-corrected chi connectivity index (χ2v) is 8.91. The van der Waals surface area contributed by atoms with Gasteiger partial charge in [0.1, 0.15) is 11.4 Å². The molecule has 1 aromatic carbocycles. The Morgan fingerprint density at radius 3 is 2.41 bits per heavy atom. The third-order valence-electron chi connectivity index (χ3n) is 4.61. The van der Waals surface area contributed by atoms with Gasteiger partial charge in [0.2, 0.25) is 0 Å². The van der Waals surface area contributed by atoms with Crippen LogP contribution in [-0.2, 0) is 16.0 Å². The highest BCUT2D eigenvalue weighted by Crippen LogP contribution is 2.25. The van der Waals surface area contributed by atoms with E-state index in [2.05, 4.69) is 4.90 Å².